The van der Waals surface area contributed by atoms with Gasteiger partial charge in [0, 0.05) is 19.4 Å². The van der Waals surface area contributed by atoms with Crippen LogP contribution in [-0.4, -0.2) is 34.5 Å². The van der Waals surface area contributed by atoms with Gasteiger partial charge in [0.2, 0.25) is 5.91 Å². The van der Waals surface area contributed by atoms with E-state index in [2.05, 4.69) is 0 Å². The molecule has 0 saturated carbocycles. The molecule has 0 aromatic heterocycles. The average Bonchev–Trinajstić information content (AvgIpc) is 2.73. The maximum Gasteiger partial charge on any atom is 0.326 e. The molecule has 1 saturated heterocycles. The minimum absolute atomic E-state index is 0.0478. The summed E-state index contributed by atoms with van der Waals surface area (Å²) in [4.78, 5) is 24.3. The zero-order valence-corrected chi connectivity index (χ0v) is 9.50. The Morgan fingerprint density at radius 1 is 1.35 bits per heavy atom. The molecule has 1 atom stereocenters. The molecular formula is C13H15NO3. The average molecular weight is 233 g/mol. The molecule has 0 radical (unpaired) electrons. The van der Waals surface area contributed by atoms with Crippen LogP contribution in [0.2, 0.25) is 0 Å². The highest BCUT2D eigenvalue weighted by molar-refractivity contribution is 5.85. The van der Waals surface area contributed by atoms with E-state index in [1.54, 1.807) is 0 Å². The molecule has 1 aliphatic rings. The SMILES string of the molecule is O=C(O)[C@H](Cc1ccccc1)N1CCCC1=O. The molecule has 1 heterocycles. The highest BCUT2D eigenvalue weighted by Gasteiger charge is 2.32. The molecule has 4 nitrogen and oxygen atoms in total. The number of nitrogens with zero attached hydrogens (tertiary/aromatic N) is 1. The summed E-state index contributed by atoms with van der Waals surface area (Å²) in [6.45, 7) is 0.558. The molecule has 0 aliphatic carbocycles. The van der Waals surface area contributed by atoms with Gasteiger partial charge in [0.25, 0.3) is 0 Å². The van der Waals surface area contributed by atoms with Crippen LogP contribution in [0.3, 0.4) is 0 Å². The number of rotatable bonds is 4. The van der Waals surface area contributed by atoms with Crippen molar-refractivity contribution in [3.63, 3.8) is 0 Å². The summed E-state index contributed by atoms with van der Waals surface area (Å²) in [5, 5.41) is 9.22. The van der Waals surface area contributed by atoms with Gasteiger partial charge in [-0.05, 0) is 12.0 Å². The van der Waals surface area contributed by atoms with Crippen LogP contribution in [-0.2, 0) is 16.0 Å². The van der Waals surface area contributed by atoms with Gasteiger partial charge in [-0.3, -0.25) is 4.79 Å². The van der Waals surface area contributed by atoms with Crippen LogP contribution in [0.15, 0.2) is 30.3 Å². The van der Waals surface area contributed by atoms with E-state index in [0.29, 0.717) is 19.4 Å². The maximum atomic E-state index is 11.6. The molecule has 17 heavy (non-hydrogen) atoms. The number of amides is 1. The fraction of sp³-hybridized carbons (Fsp3) is 0.385. The van der Waals surface area contributed by atoms with E-state index in [0.717, 1.165) is 12.0 Å². The summed E-state index contributed by atoms with van der Waals surface area (Å²) in [6, 6.07) is 8.68. The second-order valence-electron chi connectivity index (χ2n) is 4.23. The Balaban J connectivity index is 2.13. The van der Waals surface area contributed by atoms with Crippen molar-refractivity contribution in [3.8, 4) is 0 Å². The zero-order valence-electron chi connectivity index (χ0n) is 9.50. The highest BCUT2D eigenvalue weighted by atomic mass is 16.4. The third-order valence-corrected chi connectivity index (χ3v) is 3.04. The predicted molar refractivity (Wildman–Crippen MR) is 62.5 cm³/mol. The fourth-order valence-corrected chi connectivity index (χ4v) is 2.17. The lowest BCUT2D eigenvalue weighted by Gasteiger charge is -2.24. The van der Waals surface area contributed by atoms with Gasteiger partial charge in [-0.2, -0.15) is 0 Å². The summed E-state index contributed by atoms with van der Waals surface area (Å²) in [5.74, 6) is -0.975. The molecule has 0 bridgehead atoms. The Labute approximate surface area is 99.9 Å². The summed E-state index contributed by atoms with van der Waals surface area (Å²) < 4.78 is 0. The van der Waals surface area contributed by atoms with Crippen molar-refractivity contribution in [1.82, 2.24) is 4.90 Å². The topological polar surface area (TPSA) is 57.6 Å². The Kier molecular flexibility index (Phi) is 3.42. The Morgan fingerprint density at radius 3 is 2.59 bits per heavy atom. The molecule has 90 valence electrons. The van der Waals surface area contributed by atoms with Crippen LogP contribution in [0, 0.1) is 0 Å². The summed E-state index contributed by atoms with van der Waals surface area (Å²) in [6.07, 6.45) is 1.61. The van der Waals surface area contributed by atoms with Crippen molar-refractivity contribution in [1.29, 1.82) is 0 Å². The molecule has 1 aromatic rings. The summed E-state index contributed by atoms with van der Waals surface area (Å²) >= 11 is 0. The number of carbonyl (C=O) groups is 2. The fourth-order valence-electron chi connectivity index (χ4n) is 2.17. The first-order valence-electron chi connectivity index (χ1n) is 5.74. The lowest BCUT2D eigenvalue weighted by atomic mass is 10.1. The van der Waals surface area contributed by atoms with Crippen LogP contribution < -0.4 is 0 Å². The van der Waals surface area contributed by atoms with Gasteiger partial charge in [-0.25, -0.2) is 4.79 Å². The van der Waals surface area contributed by atoms with Gasteiger partial charge in [0.05, 0.1) is 0 Å². The normalized spacial score (nSPS) is 17.2. The number of hydrogen-bond acceptors (Lipinski definition) is 2. The molecule has 1 aromatic carbocycles. The van der Waals surface area contributed by atoms with Crippen LogP contribution in [0.25, 0.3) is 0 Å². The third kappa shape index (κ3) is 2.64. The van der Waals surface area contributed by atoms with Crippen LogP contribution >= 0.6 is 0 Å². The van der Waals surface area contributed by atoms with Gasteiger partial charge in [-0.15, -0.1) is 0 Å². The van der Waals surface area contributed by atoms with E-state index in [9.17, 15) is 14.7 Å². The molecule has 0 spiro atoms. The van der Waals surface area contributed by atoms with E-state index < -0.39 is 12.0 Å². The van der Waals surface area contributed by atoms with E-state index in [1.807, 2.05) is 30.3 Å². The van der Waals surface area contributed by atoms with E-state index in [4.69, 9.17) is 0 Å². The highest BCUT2D eigenvalue weighted by Crippen LogP contribution is 2.17. The van der Waals surface area contributed by atoms with Gasteiger partial charge in [0.1, 0.15) is 6.04 Å². The van der Waals surface area contributed by atoms with Crippen molar-refractivity contribution < 1.29 is 14.7 Å². The molecule has 1 fully saturated rings. The van der Waals surface area contributed by atoms with Crippen LogP contribution in [0.1, 0.15) is 18.4 Å². The predicted octanol–water partition coefficient (Wildman–Crippen LogP) is 1.30. The summed E-state index contributed by atoms with van der Waals surface area (Å²) in [5.41, 5.74) is 0.944. The first-order chi connectivity index (χ1) is 8.18. The monoisotopic (exact) mass is 233 g/mol. The summed E-state index contributed by atoms with van der Waals surface area (Å²) in [7, 11) is 0. The van der Waals surface area contributed by atoms with Crippen LogP contribution in [0.5, 0.6) is 0 Å². The number of benzene rings is 1. The molecular weight excluding hydrogens is 218 g/mol. The minimum atomic E-state index is -0.927. The molecule has 2 rings (SSSR count). The zero-order chi connectivity index (χ0) is 12.3. The number of carboxylic acid groups (broad SMARTS) is 1. The van der Waals surface area contributed by atoms with Gasteiger partial charge in [-0.1, -0.05) is 30.3 Å². The molecule has 0 unspecified atom stereocenters. The maximum absolute atomic E-state index is 11.6. The van der Waals surface area contributed by atoms with Crippen LogP contribution in [0.4, 0.5) is 0 Å². The van der Waals surface area contributed by atoms with Crippen molar-refractivity contribution in [2.24, 2.45) is 0 Å². The van der Waals surface area contributed by atoms with Crippen molar-refractivity contribution in [2.75, 3.05) is 6.54 Å². The quantitative estimate of drug-likeness (QED) is 0.852. The largest absolute Gasteiger partial charge is 0.480 e. The Morgan fingerprint density at radius 2 is 2.06 bits per heavy atom. The first kappa shape index (κ1) is 11.6. The van der Waals surface area contributed by atoms with Crippen molar-refractivity contribution in [2.45, 2.75) is 25.3 Å². The lowest BCUT2D eigenvalue weighted by Crippen LogP contribution is -2.43. The number of carbonyl (C=O) groups excluding carboxylic acids is 1. The molecule has 1 N–H and O–H groups in total. The second kappa shape index (κ2) is 4.99. The van der Waals surface area contributed by atoms with E-state index in [1.165, 1.54) is 4.90 Å². The van der Waals surface area contributed by atoms with Gasteiger partial charge < -0.3 is 10.0 Å². The Bertz CT molecular complexity index is 416. The standard InChI is InChI=1S/C13H15NO3/c15-12-7-4-8-14(12)11(13(16)17)9-10-5-2-1-3-6-10/h1-3,5-6,11H,4,7-9H2,(H,16,17)/t11-/m0/s1. The number of carboxylic acids is 1. The number of hydrogen-bond donors (Lipinski definition) is 1. The van der Waals surface area contributed by atoms with Gasteiger partial charge >= 0.3 is 5.97 Å². The third-order valence-electron chi connectivity index (χ3n) is 3.04. The number of aliphatic carboxylic acids is 1. The Hall–Kier alpha value is -1.84. The van der Waals surface area contributed by atoms with E-state index in [-0.39, 0.29) is 5.91 Å². The first-order valence-corrected chi connectivity index (χ1v) is 5.74. The minimum Gasteiger partial charge on any atom is -0.480 e. The van der Waals surface area contributed by atoms with Gasteiger partial charge in [0.15, 0.2) is 0 Å². The number of likely N-dealkylation sites (tertiary alicyclic amines) is 1. The van der Waals surface area contributed by atoms with Crippen molar-refractivity contribution in [3.05, 3.63) is 35.9 Å². The van der Waals surface area contributed by atoms with E-state index >= 15 is 0 Å². The lowest BCUT2D eigenvalue weighted by molar-refractivity contribution is -0.148. The second-order valence-corrected chi connectivity index (χ2v) is 4.23. The molecule has 4 heteroatoms. The van der Waals surface area contributed by atoms with Crippen molar-refractivity contribution >= 4 is 11.9 Å². The molecule has 1 amide bonds. The smallest absolute Gasteiger partial charge is 0.326 e. The molecule has 1 aliphatic heterocycles.